The van der Waals surface area contributed by atoms with Gasteiger partial charge < -0.3 is 5.32 Å². The van der Waals surface area contributed by atoms with Crippen molar-refractivity contribution in [3.8, 4) is 0 Å². The van der Waals surface area contributed by atoms with Crippen molar-refractivity contribution in [1.82, 2.24) is 0 Å². The number of hydrogen-bond donors (Lipinski definition) is 1. The molecular weight excluding hydrogens is 154 g/mol. The molecular formula is C9H7NS. The Morgan fingerprint density at radius 2 is 2.18 bits per heavy atom. The van der Waals surface area contributed by atoms with Gasteiger partial charge in [0.1, 0.15) is 0 Å². The lowest BCUT2D eigenvalue weighted by Crippen LogP contribution is -1.85. The fourth-order valence-corrected chi connectivity index (χ4v) is 1.85. The number of para-hydroxylation sites is 1. The number of rotatable bonds is 0. The van der Waals surface area contributed by atoms with Crippen molar-refractivity contribution in [2.75, 3.05) is 5.32 Å². The molecule has 0 fully saturated rings. The number of hydrogen-bond acceptors (Lipinski definition) is 2. The molecule has 0 atom stereocenters. The molecule has 0 saturated heterocycles. The molecule has 11 heavy (non-hydrogen) atoms. The van der Waals surface area contributed by atoms with Crippen LogP contribution in [0, 0.1) is 6.92 Å². The molecule has 1 heterocycles. The highest BCUT2D eigenvalue weighted by atomic mass is 32.2. The maximum Gasteiger partial charge on any atom is 0.0737 e. The van der Waals surface area contributed by atoms with Crippen molar-refractivity contribution in [3.63, 3.8) is 0 Å². The summed E-state index contributed by atoms with van der Waals surface area (Å²) in [5.74, 6) is 0. The minimum absolute atomic E-state index is 1.01. The monoisotopic (exact) mass is 161 g/mol. The fourth-order valence-electron chi connectivity index (χ4n) is 1.01. The molecule has 0 saturated carbocycles. The first-order valence-electron chi connectivity index (χ1n) is 3.36. The zero-order valence-electron chi connectivity index (χ0n) is 5.87. The minimum Gasteiger partial charge on any atom is -0.349 e. The third-order valence-electron chi connectivity index (χ3n) is 1.52. The minimum atomic E-state index is 1.01. The highest BCUT2D eigenvalue weighted by molar-refractivity contribution is 8.03. The smallest absolute Gasteiger partial charge is 0.0737 e. The highest BCUT2D eigenvalue weighted by Gasteiger charge is 2.12. The summed E-state index contributed by atoms with van der Waals surface area (Å²) in [5, 5.41) is 4.19. The number of benzene rings is 1. The molecule has 1 aromatic carbocycles. The van der Waals surface area contributed by atoms with E-state index in [2.05, 4.69) is 11.4 Å². The summed E-state index contributed by atoms with van der Waals surface area (Å²) in [6.07, 6.45) is 1.59. The Kier molecular flexibility index (Phi) is 1.62. The van der Waals surface area contributed by atoms with Crippen LogP contribution in [-0.2, 0) is 0 Å². The Morgan fingerprint density at radius 3 is 2.91 bits per heavy atom. The van der Waals surface area contributed by atoms with Crippen molar-refractivity contribution in [2.24, 2.45) is 0 Å². The predicted molar refractivity (Wildman–Crippen MR) is 48.3 cm³/mol. The van der Waals surface area contributed by atoms with Crippen LogP contribution in [0.25, 0.3) is 0 Å². The topological polar surface area (TPSA) is 12.0 Å². The molecule has 2 radical (unpaired) electrons. The normalized spacial score (nSPS) is 18.1. The second kappa shape index (κ2) is 2.62. The average Bonchev–Trinajstić information content (AvgIpc) is 2.46. The first-order chi connectivity index (χ1) is 5.40. The molecule has 0 aromatic heterocycles. The van der Waals surface area contributed by atoms with Crippen LogP contribution in [0.4, 0.5) is 5.69 Å². The SMILES string of the molecule is [CH]C=C1Nc2ccccc2S1. The molecule has 1 N–H and O–H groups in total. The van der Waals surface area contributed by atoms with Crippen LogP contribution >= 0.6 is 11.8 Å². The van der Waals surface area contributed by atoms with Crippen LogP contribution in [0.5, 0.6) is 0 Å². The van der Waals surface area contributed by atoms with Gasteiger partial charge in [-0.1, -0.05) is 23.9 Å². The maximum absolute atomic E-state index is 5.37. The second-order valence-corrected chi connectivity index (χ2v) is 3.34. The van der Waals surface area contributed by atoms with Gasteiger partial charge in [0, 0.05) is 4.90 Å². The lowest BCUT2D eigenvalue weighted by Gasteiger charge is -1.94. The van der Waals surface area contributed by atoms with Crippen LogP contribution in [0.2, 0.25) is 0 Å². The molecule has 0 spiro atoms. The van der Waals surface area contributed by atoms with Crippen molar-refractivity contribution in [2.45, 2.75) is 4.90 Å². The Balaban J connectivity index is 2.41. The molecule has 1 nitrogen and oxygen atoms in total. The van der Waals surface area contributed by atoms with E-state index >= 15 is 0 Å². The number of anilines is 1. The predicted octanol–water partition coefficient (Wildman–Crippen LogP) is 2.76. The fraction of sp³-hybridized carbons (Fsp3) is 0. The van der Waals surface area contributed by atoms with Crippen molar-refractivity contribution >= 4 is 17.4 Å². The van der Waals surface area contributed by atoms with E-state index in [1.54, 1.807) is 17.8 Å². The number of thioether (sulfide) groups is 1. The first-order valence-corrected chi connectivity index (χ1v) is 4.17. The molecule has 1 aromatic rings. The van der Waals surface area contributed by atoms with E-state index in [1.807, 2.05) is 18.2 Å². The van der Waals surface area contributed by atoms with Crippen molar-refractivity contribution < 1.29 is 0 Å². The van der Waals surface area contributed by atoms with E-state index < -0.39 is 0 Å². The summed E-state index contributed by atoms with van der Waals surface area (Å²) in [4.78, 5) is 1.24. The van der Waals surface area contributed by atoms with Gasteiger partial charge in [-0.05, 0) is 25.1 Å². The Bertz CT molecular complexity index is 277. The molecule has 0 amide bonds. The van der Waals surface area contributed by atoms with Gasteiger partial charge in [0.15, 0.2) is 0 Å². The van der Waals surface area contributed by atoms with E-state index in [4.69, 9.17) is 6.92 Å². The van der Waals surface area contributed by atoms with E-state index in [0.29, 0.717) is 0 Å². The summed E-state index contributed by atoms with van der Waals surface area (Å²) in [7, 11) is 0. The third-order valence-corrected chi connectivity index (χ3v) is 2.55. The summed E-state index contributed by atoms with van der Waals surface area (Å²) < 4.78 is 0. The van der Waals surface area contributed by atoms with E-state index in [9.17, 15) is 0 Å². The number of nitrogens with one attached hydrogen (secondary N) is 1. The van der Waals surface area contributed by atoms with Gasteiger partial charge in [0.2, 0.25) is 0 Å². The van der Waals surface area contributed by atoms with E-state index in [0.717, 1.165) is 10.7 Å². The number of allylic oxidation sites excluding steroid dienone is 1. The van der Waals surface area contributed by atoms with Gasteiger partial charge in [0.05, 0.1) is 10.7 Å². The molecule has 2 heteroatoms. The van der Waals surface area contributed by atoms with Crippen LogP contribution in [0.1, 0.15) is 0 Å². The van der Waals surface area contributed by atoms with Gasteiger partial charge in [-0.3, -0.25) is 0 Å². The van der Waals surface area contributed by atoms with E-state index in [1.165, 1.54) is 4.90 Å². The Labute approximate surface area is 70.5 Å². The van der Waals surface area contributed by atoms with Gasteiger partial charge in [0.25, 0.3) is 0 Å². The summed E-state index contributed by atoms with van der Waals surface area (Å²) >= 11 is 1.66. The molecule has 0 bridgehead atoms. The maximum atomic E-state index is 5.37. The molecule has 1 aliphatic heterocycles. The summed E-state index contributed by atoms with van der Waals surface area (Å²) in [6.45, 7) is 5.37. The largest absolute Gasteiger partial charge is 0.349 e. The van der Waals surface area contributed by atoms with Gasteiger partial charge in [-0.25, -0.2) is 0 Å². The number of fused-ring (bicyclic) bond motifs is 1. The molecule has 54 valence electrons. The van der Waals surface area contributed by atoms with Crippen LogP contribution in [-0.4, -0.2) is 0 Å². The van der Waals surface area contributed by atoms with E-state index in [-0.39, 0.29) is 0 Å². The molecule has 0 unspecified atom stereocenters. The third kappa shape index (κ3) is 1.14. The second-order valence-electron chi connectivity index (χ2n) is 2.25. The quantitative estimate of drug-likeness (QED) is 0.628. The Morgan fingerprint density at radius 1 is 1.36 bits per heavy atom. The van der Waals surface area contributed by atoms with Crippen molar-refractivity contribution in [1.29, 1.82) is 0 Å². The summed E-state index contributed by atoms with van der Waals surface area (Å²) in [6, 6.07) is 8.14. The standard InChI is InChI=1S/C9H7NS/c1-2-9-10-7-5-3-4-6-8(7)11-9/h1-6,10H. The lowest BCUT2D eigenvalue weighted by atomic mass is 10.3. The van der Waals surface area contributed by atoms with Gasteiger partial charge in [-0.15, -0.1) is 0 Å². The Hall–Kier alpha value is -0.890. The van der Waals surface area contributed by atoms with Crippen LogP contribution in [0.15, 0.2) is 40.3 Å². The first kappa shape index (κ1) is 6.80. The molecule has 0 aliphatic carbocycles. The molecule has 1 aliphatic rings. The summed E-state index contributed by atoms with van der Waals surface area (Å²) in [5.41, 5.74) is 1.15. The van der Waals surface area contributed by atoms with Gasteiger partial charge >= 0.3 is 0 Å². The van der Waals surface area contributed by atoms with Gasteiger partial charge in [-0.2, -0.15) is 0 Å². The zero-order valence-corrected chi connectivity index (χ0v) is 6.69. The van der Waals surface area contributed by atoms with Crippen molar-refractivity contribution in [3.05, 3.63) is 42.3 Å². The average molecular weight is 161 g/mol. The zero-order chi connectivity index (χ0) is 7.68. The lowest BCUT2D eigenvalue weighted by molar-refractivity contribution is 1.46. The van der Waals surface area contributed by atoms with Crippen LogP contribution in [0.3, 0.4) is 0 Å². The highest BCUT2D eigenvalue weighted by Crippen LogP contribution is 2.39. The van der Waals surface area contributed by atoms with Crippen LogP contribution < -0.4 is 5.32 Å². The molecule has 2 rings (SSSR count).